The van der Waals surface area contributed by atoms with Crippen LogP contribution in [0.2, 0.25) is 0 Å². The summed E-state index contributed by atoms with van der Waals surface area (Å²) >= 11 is 0. The van der Waals surface area contributed by atoms with Crippen LogP contribution in [0.25, 0.3) is 0 Å². The van der Waals surface area contributed by atoms with Crippen molar-refractivity contribution >= 4 is 0 Å². The van der Waals surface area contributed by atoms with Crippen molar-refractivity contribution < 1.29 is 9.47 Å². The summed E-state index contributed by atoms with van der Waals surface area (Å²) in [6, 6.07) is 6.05. The lowest BCUT2D eigenvalue weighted by Crippen LogP contribution is -2.19. The molecule has 1 rings (SSSR count). The van der Waals surface area contributed by atoms with Gasteiger partial charge in [0.1, 0.15) is 11.5 Å². The molecule has 1 aromatic rings. The molecule has 0 aliphatic carbocycles. The van der Waals surface area contributed by atoms with Crippen LogP contribution in [-0.4, -0.2) is 20.8 Å². The molecule has 0 aliphatic heterocycles. The molecule has 3 nitrogen and oxygen atoms in total. The molecule has 0 bridgehead atoms. The Kier molecular flexibility index (Phi) is 4.43. The second-order valence-corrected chi connectivity index (χ2v) is 3.36. The molecule has 0 aliphatic rings. The van der Waals surface area contributed by atoms with Crippen molar-refractivity contribution in [3.63, 3.8) is 0 Å². The fraction of sp³-hybridized carbons (Fsp3) is 0.500. The van der Waals surface area contributed by atoms with Gasteiger partial charge in [-0.1, -0.05) is 13.0 Å². The first-order valence-electron chi connectivity index (χ1n) is 5.18. The maximum Gasteiger partial charge on any atom is 0.127 e. The van der Waals surface area contributed by atoms with E-state index in [4.69, 9.17) is 9.47 Å². The van der Waals surface area contributed by atoms with Gasteiger partial charge >= 0.3 is 0 Å². The number of nitrogens with one attached hydrogen (secondary N) is 1. The van der Waals surface area contributed by atoms with Crippen molar-refractivity contribution in [2.24, 2.45) is 0 Å². The number of ether oxygens (including phenoxy) is 2. The van der Waals surface area contributed by atoms with Gasteiger partial charge in [0.05, 0.1) is 19.8 Å². The van der Waals surface area contributed by atoms with Gasteiger partial charge in [-0.25, -0.2) is 0 Å². The molecule has 0 aromatic heterocycles. The molecule has 1 unspecified atom stereocenters. The molecule has 0 heterocycles. The predicted octanol–water partition coefficient (Wildman–Crippen LogP) is 2.37. The fourth-order valence-corrected chi connectivity index (χ4v) is 1.71. The Morgan fingerprint density at radius 2 is 1.73 bits per heavy atom. The molecule has 0 spiro atoms. The topological polar surface area (TPSA) is 30.5 Å². The SMILES string of the molecule is CCNC(C)c1c(OC)cccc1OC. The van der Waals surface area contributed by atoms with Gasteiger partial charge in [0.15, 0.2) is 0 Å². The normalized spacial score (nSPS) is 12.3. The van der Waals surface area contributed by atoms with Gasteiger partial charge in [-0.15, -0.1) is 0 Å². The third-order valence-electron chi connectivity index (χ3n) is 2.41. The molecular formula is C12H19NO2. The third-order valence-corrected chi connectivity index (χ3v) is 2.41. The average molecular weight is 209 g/mol. The van der Waals surface area contributed by atoms with Gasteiger partial charge in [0.25, 0.3) is 0 Å². The Morgan fingerprint density at radius 1 is 1.20 bits per heavy atom. The van der Waals surface area contributed by atoms with Crippen LogP contribution in [0.3, 0.4) is 0 Å². The Morgan fingerprint density at radius 3 is 2.13 bits per heavy atom. The third kappa shape index (κ3) is 2.63. The van der Waals surface area contributed by atoms with Crippen molar-refractivity contribution in [1.82, 2.24) is 5.32 Å². The highest BCUT2D eigenvalue weighted by Gasteiger charge is 2.15. The quantitative estimate of drug-likeness (QED) is 0.807. The van der Waals surface area contributed by atoms with Crippen LogP contribution in [0.15, 0.2) is 18.2 Å². The summed E-state index contributed by atoms with van der Waals surface area (Å²) in [4.78, 5) is 0. The van der Waals surface area contributed by atoms with Crippen molar-refractivity contribution in [1.29, 1.82) is 0 Å². The van der Waals surface area contributed by atoms with E-state index in [0.29, 0.717) is 0 Å². The summed E-state index contributed by atoms with van der Waals surface area (Å²) in [7, 11) is 3.36. The lowest BCUT2D eigenvalue weighted by Gasteiger charge is -2.19. The molecule has 0 saturated carbocycles. The number of benzene rings is 1. The molecule has 0 fully saturated rings. The number of methoxy groups -OCH3 is 2. The molecule has 3 heteroatoms. The van der Waals surface area contributed by atoms with Gasteiger partial charge in [-0.2, -0.15) is 0 Å². The Bertz CT molecular complexity index is 290. The molecule has 1 aromatic carbocycles. The fourth-order valence-electron chi connectivity index (χ4n) is 1.71. The first kappa shape index (κ1) is 11.9. The van der Waals surface area contributed by atoms with E-state index in [-0.39, 0.29) is 6.04 Å². The zero-order valence-corrected chi connectivity index (χ0v) is 9.83. The highest BCUT2D eigenvalue weighted by Crippen LogP contribution is 2.33. The summed E-state index contributed by atoms with van der Waals surface area (Å²) in [5, 5.41) is 3.35. The molecule has 84 valence electrons. The van der Waals surface area contributed by atoms with Crippen molar-refractivity contribution in [3.05, 3.63) is 23.8 Å². The summed E-state index contributed by atoms with van der Waals surface area (Å²) in [5.74, 6) is 1.73. The highest BCUT2D eigenvalue weighted by atomic mass is 16.5. The van der Waals surface area contributed by atoms with Gasteiger partial charge in [-0.3, -0.25) is 0 Å². The molecule has 1 atom stereocenters. The minimum Gasteiger partial charge on any atom is -0.496 e. The standard InChI is InChI=1S/C12H19NO2/c1-5-13-9(2)12-10(14-3)7-6-8-11(12)15-4/h6-9,13H,5H2,1-4H3. The summed E-state index contributed by atoms with van der Waals surface area (Å²) in [6.45, 7) is 5.10. The Balaban J connectivity index is 3.09. The minimum absolute atomic E-state index is 0.223. The van der Waals surface area contributed by atoms with E-state index in [9.17, 15) is 0 Å². The van der Waals surface area contributed by atoms with Gasteiger partial charge in [-0.05, 0) is 25.6 Å². The molecular weight excluding hydrogens is 190 g/mol. The zero-order chi connectivity index (χ0) is 11.3. The predicted molar refractivity (Wildman–Crippen MR) is 61.6 cm³/mol. The summed E-state index contributed by atoms with van der Waals surface area (Å²) in [5.41, 5.74) is 1.07. The maximum atomic E-state index is 5.34. The van der Waals surface area contributed by atoms with E-state index in [1.807, 2.05) is 18.2 Å². The van der Waals surface area contributed by atoms with Crippen LogP contribution >= 0.6 is 0 Å². The molecule has 0 saturated heterocycles. The number of hydrogen-bond acceptors (Lipinski definition) is 3. The lowest BCUT2D eigenvalue weighted by atomic mass is 10.1. The van der Waals surface area contributed by atoms with Crippen LogP contribution in [-0.2, 0) is 0 Å². The van der Waals surface area contributed by atoms with Crippen LogP contribution in [0.1, 0.15) is 25.5 Å². The Hall–Kier alpha value is -1.22. The van der Waals surface area contributed by atoms with Gasteiger partial charge in [0.2, 0.25) is 0 Å². The average Bonchev–Trinajstić information content (AvgIpc) is 2.28. The first-order valence-corrected chi connectivity index (χ1v) is 5.18. The minimum atomic E-state index is 0.223. The smallest absolute Gasteiger partial charge is 0.127 e. The van der Waals surface area contributed by atoms with Crippen LogP contribution < -0.4 is 14.8 Å². The van der Waals surface area contributed by atoms with E-state index in [1.54, 1.807) is 14.2 Å². The summed E-state index contributed by atoms with van der Waals surface area (Å²) in [6.07, 6.45) is 0. The van der Waals surface area contributed by atoms with E-state index in [1.165, 1.54) is 0 Å². The molecule has 0 amide bonds. The van der Waals surface area contributed by atoms with Gasteiger partial charge in [0, 0.05) is 6.04 Å². The van der Waals surface area contributed by atoms with E-state index in [0.717, 1.165) is 23.6 Å². The number of rotatable bonds is 5. The van der Waals surface area contributed by atoms with E-state index in [2.05, 4.69) is 19.2 Å². The largest absolute Gasteiger partial charge is 0.496 e. The van der Waals surface area contributed by atoms with E-state index < -0.39 is 0 Å². The second-order valence-electron chi connectivity index (χ2n) is 3.36. The second kappa shape index (κ2) is 5.61. The highest BCUT2D eigenvalue weighted by molar-refractivity contribution is 5.46. The van der Waals surface area contributed by atoms with Crippen molar-refractivity contribution in [2.45, 2.75) is 19.9 Å². The van der Waals surface area contributed by atoms with Crippen molar-refractivity contribution in [2.75, 3.05) is 20.8 Å². The van der Waals surface area contributed by atoms with Gasteiger partial charge < -0.3 is 14.8 Å². The molecule has 0 radical (unpaired) electrons. The maximum absolute atomic E-state index is 5.34. The molecule has 15 heavy (non-hydrogen) atoms. The first-order chi connectivity index (χ1) is 7.24. The van der Waals surface area contributed by atoms with Crippen LogP contribution in [0.4, 0.5) is 0 Å². The van der Waals surface area contributed by atoms with E-state index >= 15 is 0 Å². The van der Waals surface area contributed by atoms with Crippen LogP contribution in [0.5, 0.6) is 11.5 Å². The monoisotopic (exact) mass is 209 g/mol. The lowest BCUT2D eigenvalue weighted by molar-refractivity contribution is 0.374. The van der Waals surface area contributed by atoms with Crippen molar-refractivity contribution in [3.8, 4) is 11.5 Å². The van der Waals surface area contributed by atoms with Crippen LogP contribution in [0, 0.1) is 0 Å². The number of hydrogen-bond donors (Lipinski definition) is 1. The molecule has 1 N–H and O–H groups in total. The summed E-state index contributed by atoms with van der Waals surface area (Å²) < 4.78 is 10.7. The zero-order valence-electron chi connectivity index (χ0n) is 9.83. The Labute approximate surface area is 91.4 Å².